The van der Waals surface area contributed by atoms with E-state index < -0.39 is 7.14 Å². The predicted octanol–water partition coefficient (Wildman–Crippen LogP) is 13.8. The Labute approximate surface area is 368 Å². The molecular formula is C56H50IrNOP-2. The molecule has 0 amide bonds. The van der Waals surface area contributed by atoms with Crippen molar-refractivity contribution in [2.75, 3.05) is 0 Å². The zero-order valence-corrected chi connectivity index (χ0v) is 37.9. The van der Waals surface area contributed by atoms with Crippen LogP contribution in [0.4, 0.5) is 0 Å². The summed E-state index contributed by atoms with van der Waals surface area (Å²) in [5.41, 5.74) is 7.40. The van der Waals surface area contributed by atoms with Crippen LogP contribution in [0.2, 0.25) is 0 Å². The second-order valence-electron chi connectivity index (χ2n) is 16.7. The van der Waals surface area contributed by atoms with Crippen molar-refractivity contribution in [2.45, 2.75) is 65.2 Å². The molecule has 1 fully saturated rings. The molecule has 0 saturated heterocycles. The van der Waals surface area contributed by atoms with Crippen LogP contribution >= 0.6 is 7.14 Å². The van der Waals surface area contributed by atoms with Gasteiger partial charge in [-0.25, -0.2) is 0 Å². The number of hydrogen-bond donors (Lipinski definition) is 0. The molecule has 1 aromatic heterocycles. The summed E-state index contributed by atoms with van der Waals surface area (Å²) in [4.78, 5) is 5.01. The minimum atomic E-state index is -3.15. The standard InChI is InChI=1S/C30H20OP.C26H30N.Ir/c31-32(28-16-13-22-7-1-4-10-25(22)19-28,29-17-14-23-8-2-5-11-26(23)20-29)30-18-15-24-9-3-6-12-27(24)21-30;1-18(2)14-21-10-7-11-26-24(21)12-13-25(27-26)23-16-19(3)15-22(17-23)20-8-5-4-6-9-20;/h1-17,19-21H;7,10-13,15,17-18,20H,4-6,8-9,14H2,1-3H3;/q2*-1;. The van der Waals surface area contributed by atoms with Gasteiger partial charge in [0.15, 0.2) is 0 Å². The van der Waals surface area contributed by atoms with Gasteiger partial charge >= 0.3 is 0 Å². The van der Waals surface area contributed by atoms with Crippen molar-refractivity contribution in [3.05, 3.63) is 193 Å². The molecule has 2 nitrogen and oxygen atoms in total. The topological polar surface area (TPSA) is 30.0 Å². The van der Waals surface area contributed by atoms with Crippen molar-refractivity contribution >= 4 is 66.3 Å². The van der Waals surface area contributed by atoms with Crippen LogP contribution in [0, 0.1) is 25.0 Å². The monoisotopic (exact) mass is 976 g/mol. The zero-order valence-electron chi connectivity index (χ0n) is 34.6. The minimum absolute atomic E-state index is 0. The third kappa shape index (κ3) is 8.68. The van der Waals surface area contributed by atoms with Crippen molar-refractivity contribution in [3.63, 3.8) is 0 Å². The summed E-state index contributed by atoms with van der Waals surface area (Å²) in [6.45, 7) is 6.71. The maximum atomic E-state index is 15.1. The first-order chi connectivity index (χ1) is 28.8. The average Bonchev–Trinajstić information content (AvgIpc) is 3.28. The maximum absolute atomic E-state index is 15.1. The average molecular weight is 976 g/mol. The van der Waals surface area contributed by atoms with Crippen LogP contribution in [-0.4, -0.2) is 4.98 Å². The maximum Gasteiger partial charge on any atom is 0.147 e. The van der Waals surface area contributed by atoms with Gasteiger partial charge in [-0.2, -0.15) is 18.2 Å². The van der Waals surface area contributed by atoms with Gasteiger partial charge in [-0.3, -0.25) is 4.98 Å². The number of benzene rings is 8. The molecule has 8 aromatic carbocycles. The summed E-state index contributed by atoms with van der Waals surface area (Å²) in [6, 6.07) is 63.5. The van der Waals surface area contributed by atoms with E-state index in [1.54, 1.807) is 0 Å². The summed E-state index contributed by atoms with van der Waals surface area (Å²) >= 11 is 0. The van der Waals surface area contributed by atoms with Crippen LogP contribution in [0.5, 0.6) is 0 Å². The largest absolute Gasteiger partial charge is 0.311 e. The van der Waals surface area contributed by atoms with E-state index in [4.69, 9.17) is 4.98 Å². The first-order valence-electron chi connectivity index (χ1n) is 21.2. The van der Waals surface area contributed by atoms with Gasteiger partial charge in [0, 0.05) is 36.1 Å². The molecule has 0 unspecified atom stereocenters. The van der Waals surface area contributed by atoms with E-state index in [0.717, 1.165) is 71.4 Å². The molecule has 1 heterocycles. The van der Waals surface area contributed by atoms with Gasteiger partial charge in [0.25, 0.3) is 0 Å². The van der Waals surface area contributed by atoms with Crippen molar-refractivity contribution < 1.29 is 24.7 Å². The molecule has 9 aromatic rings. The third-order valence-electron chi connectivity index (χ3n) is 12.0. The summed E-state index contributed by atoms with van der Waals surface area (Å²) in [5.74, 6) is 1.36. The molecule has 1 aliphatic rings. The normalized spacial score (nSPS) is 13.3. The smallest absolute Gasteiger partial charge is 0.147 e. The predicted molar refractivity (Wildman–Crippen MR) is 252 cm³/mol. The number of nitrogens with zero attached hydrogens (tertiary/aromatic N) is 1. The molecular weight excluding hydrogens is 926 g/mol. The fraction of sp³-hybridized carbons (Fsp3) is 0.196. The zero-order chi connectivity index (χ0) is 40.3. The number of rotatable bonds is 7. The molecule has 4 heteroatoms. The summed E-state index contributed by atoms with van der Waals surface area (Å²) in [6.07, 6.45) is 7.88. The Balaban J connectivity index is 0.000000166. The van der Waals surface area contributed by atoms with Gasteiger partial charge in [0.2, 0.25) is 0 Å². The van der Waals surface area contributed by atoms with Crippen LogP contribution in [-0.2, 0) is 31.1 Å². The summed E-state index contributed by atoms with van der Waals surface area (Å²) in [7, 11) is -3.15. The van der Waals surface area contributed by atoms with E-state index in [-0.39, 0.29) is 20.1 Å². The molecule has 1 aliphatic carbocycles. The van der Waals surface area contributed by atoms with Crippen LogP contribution in [0.15, 0.2) is 164 Å². The third-order valence-corrected chi connectivity index (χ3v) is 15.0. The fourth-order valence-electron chi connectivity index (χ4n) is 9.01. The number of fused-ring (bicyclic) bond motifs is 4. The van der Waals surface area contributed by atoms with Gasteiger partial charge in [-0.05, 0) is 82.1 Å². The quantitative estimate of drug-likeness (QED) is 0.118. The van der Waals surface area contributed by atoms with Crippen LogP contribution < -0.4 is 15.9 Å². The van der Waals surface area contributed by atoms with Gasteiger partial charge in [-0.15, -0.1) is 51.7 Å². The fourth-order valence-corrected chi connectivity index (χ4v) is 11.6. The molecule has 0 atom stereocenters. The van der Waals surface area contributed by atoms with Gasteiger partial charge in [0.05, 0.1) is 5.52 Å². The molecule has 0 spiro atoms. The molecule has 0 N–H and O–H groups in total. The van der Waals surface area contributed by atoms with E-state index in [1.165, 1.54) is 54.2 Å². The van der Waals surface area contributed by atoms with Crippen molar-refractivity contribution in [3.8, 4) is 11.3 Å². The Morgan fingerprint density at radius 1 is 0.633 bits per heavy atom. The molecule has 301 valence electrons. The van der Waals surface area contributed by atoms with E-state index in [9.17, 15) is 0 Å². The van der Waals surface area contributed by atoms with Gasteiger partial charge < -0.3 is 4.57 Å². The van der Waals surface area contributed by atoms with Crippen LogP contribution in [0.3, 0.4) is 0 Å². The first kappa shape index (κ1) is 41.6. The van der Waals surface area contributed by atoms with Crippen LogP contribution in [0.25, 0.3) is 54.5 Å². The number of pyridine rings is 1. The van der Waals surface area contributed by atoms with E-state index in [2.05, 4.69) is 136 Å². The first-order valence-corrected chi connectivity index (χ1v) is 23.0. The molecule has 60 heavy (non-hydrogen) atoms. The van der Waals surface area contributed by atoms with E-state index in [0.29, 0.717) is 11.8 Å². The van der Waals surface area contributed by atoms with E-state index in [1.807, 2.05) is 60.7 Å². The van der Waals surface area contributed by atoms with Crippen molar-refractivity contribution in [1.82, 2.24) is 4.98 Å². The minimum Gasteiger partial charge on any atom is -0.311 e. The molecule has 10 rings (SSSR count). The molecule has 0 bridgehead atoms. The number of aromatic nitrogens is 1. The Bertz CT molecular complexity index is 2800. The Hall–Kier alpha value is -5.17. The number of aryl methyl sites for hydroxylation is 1. The molecule has 0 aliphatic heterocycles. The molecule has 1 saturated carbocycles. The summed E-state index contributed by atoms with van der Waals surface area (Å²) in [5, 5.41) is 10.3. The van der Waals surface area contributed by atoms with E-state index >= 15 is 4.57 Å². The van der Waals surface area contributed by atoms with Gasteiger partial charge in [-0.1, -0.05) is 161 Å². The number of hydrogen-bond acceptors (Lipinski definition) is 2. The Morgan fingerprint density at radius 2 is 1.23 bits per heavy atom. The van der Waals surface area contributed by atoms with Gasteiger partial charge in [0.1, 0.15) is 7.14 Å². The second-order valence-corrected chi connectivity index (χ2v) is 19.5. The van der Waals surface area contributed by atoms with Crippen molar-refractivity contribution in [2.24, 2.45) is 5.92 Å². The molecule has 1 radical (unpaired) electrons. The Morgan fingerprint density at radius 3 is 1.87 bits per heavy atom. The second kappa shape index (κ2) is 18.2. The Kier molecular flexibility index (Phi) is 12.6. The van der Waals surface area contributed by atoms with Crippen LogP contribution in [0.1, 0.15) is 68.6 Å². The summed E-state index contributed by atoms with van der Waals surface area (Å²) < 4.78 is 15.1. The SMILES string of the molecule is Cc1[c-]c(-c2ccc3c(CC(C)C)cccc3n2)cc(C2CCCCC2)c1.O=P(c1[c-]cc2ccccc2c1)(c1ccc2ccccc2c1)c1ccc2ccccc2c1.[Ir]. The van der Waals surface area contributed by atoms with Crippen molar-refractivity contribution in [1.29, 1.82) is 0 Å².